The fraction of sp³-hybridized carbons (Fsp3) is 0.727. The number of hydrogen-bond acceptors (Lipinski definition) is 1. The summed E-state index contributed by atoms with van der Waals surface area (Å²) in [5.41, 5.74) is 3.09. The van der Waals surface area contributed by atoms with Crippen LogP contribution in [-0.2, 0) is 5.41 Å². The average Bonchev–Trinajstić information content (AvgIpc) is 2.64. The number of rotatable bonds is 2. The average molecular weight is 347 g/mol. The van der Waals surface area contributed by atoms with E-state index in [4.69, 9.17) is 0 Å². The van der Waals surface area contributed by atoms with E-state index >= 15 is 0 Å². The highest BCUT2D eigenvalue weighted by atomic mass is 28.3. The van der Waals surface area contributed by atoms with E-state index in [1.54, 1.807) is 0 Å². The van der Waals surface area contributed by atoms with E-state index < -0.39 is 8.07 Å². The van der Waals surface area contributed by atoms with E-state index in [1.165, 1.54) is 10.8 Å². The standard InChI is InChI=1S/C22H38OSi/c1-13-11-18(22(6,7)8)20(23)19(12-13)24(9,10)21-16(4)14(2)15(3)17(21)5/h11-12,14-17,21,23H,1-10H3. The summed E-state index contributed by atoms with van der Waals surface area (Å²) < 4.78 is 0. The summed E-state index contributed by atoms with van der Waals surface area (Å²) in [6.07, 6.45) is 0. The van der Waals surface area contributed by atoms with Crippen LogP contribution in [0.3, 0.4) is 0 Å². The molecule has 0 amide bonds. The Hall–Kier alpha value is -0.763. The third-order valence-corrected chi connectivity index (χ3v) is 11.7. The molecule has 1 saturated carbocycles. The number of hydrogen-bond donors (Lipinski definition) is 1. The molecule has 2 heteroatoms. The van der Waals surface area contributed by atoms with Gasteiger partial charge in [-0.3, -0.25) is 0 Å². The van der Waals surface area contributed by atoms with Crippen molar-refractivity contribution in [2.24, 2.45) is 23.7 Å². The van der Waals surface area contributed by atoms with Crippen LogP contribution in [0.25, 0.3) is 0 Å². The van der Waals surface area contributed by atoms with Gasteiger partial charge in [-0.25, -0.2) is 0 Å². The molecule has 24 heavy (non-hydrogen) atoms. The third kappa shape index (κ3) is 3.07. The summed E-state index contributed by atoms with van der Waals surface area (Å²) in [7, 11) is -1.79. The first-order valence-corrected chi connectivity index (χ1v) is 12.7. The molecule has 0 radical (unpaired) electrons. The molecule has 4 unspecified atom stereocenters. The lowest BCUT2D eigenvalue weighted by molar-refractivity contribution is 0.352. The first-order chi connectivity index (χ1) is 10.8. The highest BCUT2D eigenvalue weighted by molar-refractivity contribution is 6.91. The van der Waals surface area contributed by atoms with Crippen LogP contribution in [0.5, 0.6) is 5.75 Å². The second kappa shape index (κ2) is 6.19. The van der Waals surface area contributed by atoms with Gasteiger partial charge in [0.2, 0.25) is 0 Å². The minimum atomic E-state index is -1.79. The zero-order chi connectivity index (χ0) is 18.6. The summed E-state index contributed by atoms with van der Waals surface area (Å²) in [5.74, 6) is 3.58. The second-order valence-corrected chi connectivity index (χ2v) is 14.8. The summed E-state index contributed by atoms with van der Waals surface area (Å²) in [6, 6.07) is 4.46. The van der Waals surface area contributed by atoms with Crippen molar-refractivity contribution in [1.82, 2.24) is 0 Å². The molecule has 0 bridgehead atoms. The van der Waals surface area contributed by atoms with Gasteiger partial charge in [0, 0.05) is 0 Å². The molecule has 0 aliphatic heterocycles. The monoisotopic (exact) mass is 346 g/mol. The fourth-order valence-electron chi connectivity index (χ4n) is 5.43. The van der Waals surface area contributed by atoms with Crippen LogP contribution in [0.1, 0.15) is 59.6 Å². The molecule has 0 aromatic heterocycles. The summed E-state index contributed by atoms with van der Waals surface area (Å²) in [6.45, 7) is 23.5. The van der Waals surface area contributed by atoms with Gasteiger partial charge < -0.3 is 5.11 Å². The van der Waals surface area contributed by atoms with Crippen LogP contribution in [-0.4, -0.2) is 13.2 Å². The van der Waals surface area contributed by atoms with Crippen LogP contribution in [0.4, 0.5) is 0 Å². The Kier molecular flexibility index (Phi) is 5.05. The second-order valence-electron chi connectivity index (χ2n) is 10.1. The molecule has 0 saturated heterocycles. The van der Waals surface area contributed by atoms with Crippen molar-refractivity contribution < 1.29 is 5.11 Å². The van der Waals surface area contributed by atoms with Crippen LogP contribution in [0.15, 0.2) is 12.1 Å². The Morgan fingerprint density at radius 3 is 1.75 bits per heavy atom. The lowest BCUT2D eigenvalue weighted by atomic mass is 9.85. The van der Waals surface area contributed by atoms with Gasteiger partial charge in [-0.15, -0.1) is 0 Å². The van der Waals surface area contributed by atoms with Crippen LogP contribution >= 0.6 is 0 Å². The van der Waals surface area contributed by atoms with E-state index in [9.17, 15) is 5.11 Å². The number of phenols is 1. The Morgan fingerprint density at radius 2 is 1.33 bits per heavy atom. The number of benzene rings is 1. The van der Waals surface area contributed by atoms with E-state index in [0.717, 1.165) is 34.8 Å². The van der Waals surface area contributed by atoms with Crippen molar-refractivity contribution in [3.05, 3.63) is 23.3 Å². The van der Waals surface area contributed by atoms with E-state index in [2.05, 4.69) is 80.6 Å². The Bertz CT molecular complexity index is 597. The van der Waals surface area contributed by atoms with Gasteiger partial charge >= 0.3 is 0 Å². The predicted octanol–water partition coefficient (Wildman–Crippen LogP) is 5.84. The Morgan fingerprint density at radius 1 is 0.875 bits per heavy atom. The molecule has 1 N–H and O–H groups in total. The molecule has 1 aliphatic carbocycles. The van der Waals surface area contributed by atoms with Crippen LogP contribution in [0, 0.1) is 30.6 Å². The minimum Gasteiger partial charge on any atom is -0.508 e. The van der Waals surface area contributed by atoms with Gasteiger partial charge in [0.1, 0.15) is 5.75 Å². The SMILES string of the molecule is Cc1cc(C(C)(C)C)c(O)c([Si](C)(C)C2C(C)C(C)C(C)C2C)c1. The van der Waals surface area contributed by atoms with Gasteiger partial charge in [-0.2, -0.15) is 0 Å². The first-order valence-electron chi connectivity index (χ1n) is 9.64. The minimum absolute atomic E-state index is 0.0250. The zero-order valence-corrected chi connectivity index (χ0v) is 18.5. The maximum Gasteiger partial charge on any atom is 0.118 e. The fourth-order valence-corrected chi connectivity index (χ4v) is 10.4. The molecule has 0 spiro atoms. The van der Waals surface area contributed by atoms with E-state index in [-0.39, 0.29) is 5.41 Å². The summed E-state index contributed by atoms with van der Waals surface area (Å²) >= 11 is 0. The van der Waals surface area contributed by atoms with Gasteiger partial charge in [-0.1, -0.05) is 79.3 Å². The Labute approximate surface area is 150 Å². The number of aryl methyl sites for hydroxylation is 1. The molecule has 1 aliphatic rings. The van der Waals surface area contributed by atoms with E-state index in [0.29, 0.717) is 5.75 Å². The molecule has 1 nitrogen and oxygen atoms in total. The maximum atomic E-state index is 11.2. The first kappa shape index (κ1) is 19.6. The van der Waals surface area contributed by atoms with Crippen LogP contribution < -0.4 is 5.19 Å². The number of phenolic OH excluding ortho intramolecular Hbond substituents is 1. The molecule has 2 rings (SSSR count). The Balaban J connectivity index is 2.60. The highest BCUT2D eigenvalue weighted by Gasteiger charge is 2.50. The smallest absolute Gasteiger partial charge is 0.118 e. The van der Waals surface area contributed by atoms with Crippen LogP contribution in [0.2, 0.25) is 18.6 Å². The molecular formula is C22H38OSi. The predicted molar refractivity (Wildman–Crippen MR) is 109 cm³/mol. The van der Waals surface area contributed by atoms with Crippen molar-refractivity contribution in [2.45, 2.75) is 79.4 Å². The molecule has 136 valence electrons. The van der Waals surface area contributed by atoms with Crippen molar-refractivity contribution in [3.8, 4) is 5.75 Å². The zero-order valence-electron chi connectivity index (χ0n) is 17.5. The van der Waals surface area contributed by atoms with Gasteiger partial charge in [0.25, 0.3) is 0 Å². The third-order valence-electron chi connectivity index (χ3n) is 7.21. The summed E-state index contributed by atoms with van der Waals surface area (Å²) in [4.78, 5) is 0. The molecule has 0 heterocycles. The maximum absolute atomic E-state index is 11.2. The summed E-state index contributed by atoms with van der Waals surface area (Å²) in [5, 5.41) is 12.5. The quantitative estimate of drug-likeness (QED) is 0.667. The topological polar surface area (TPSA) is 20.2 Å². The van der Waals surface area contributed by atoms with Gasteiger partial charge in [0.05, 0.1) is 8.07 Å². The molecule has 1 aromatic rings. The molecular weight excluding hydrogens is 308 g/mol. The lowest BCUT2D eigenvalue weighted by Gasteiger charge is -2.38. The van der Waals surface area contributed by atoms with E-state index in [1.807, 2.05) is 0 Å². The van der Waals surface area contributed by atoms with Gasteiger partial charge in [-0.05, 0) is 52.3 Å². The van der Waals surface area contributed by atoms with Crippen molar-refractivity contribution in [3.63, 3.8) is 0 Å². The molecule has 1 fully saturated rings. The lowest BCUT2D eigenvalue weighted by Crippen LogP contribution is -2.49. The highest BCUT2D eigenvalue weighted by Crippen LogP contribution is 2.54. The molecule has 4 atom stereocenters. The molecule has 1 aromatic carbocycles. The van der Waals surface area contributed by atoms with Crippen molar-refractivity contribution in [2.75, 3.05) is 0 Å². The number of aromatic hydroxyl groups is 1. The van der Waals surface area contributed by atoms with Gasteiger partial charge in [0.15, 0.2) is 0 Å². The van der Waals surface area contributed by atoms with Crippen molar-refractivity contribution >= 4 is 13.3 Å². The normalized spacial score (nSPS) is 31.5. The van der Waals surface area contributed by atoms with Crippen molar-refractivity contribution in [1.29, 1.82) is 0 Å². The largest absolute Gasteiger partial charge is 0.508 e.